The van der Waals surface area contributed by atoms with Crippen LogP contribution in [0.3, 0.4) is 0 Å². The van der Waals surface area contributed by atoms with E-state index in [-0.39, 0.29) is 53.6 Å². The lowest BCUT2D eigenvalue weighted by atomic mass is 10.1. The SMILES string of the molecule is CN(C)CCN(C)c1cc(OC(F)F)c(Nc2nccc(-c3cn(CCO)c4ccccc34)n2)cc1[N+](=O)[O-].O=[N+]([O-])c1cc(Nc2nccc(-c3cn(CCO)c4ccccc34)n2)c(OC(F)F)cc1F. The molecule has 8 aromatic rings. The largest absolute Gasteiger partial charge is 0.433 e. The first-order valence-electron chi connectivity index (χ1n) is 21.7. The van der Waals surface area contributed by atoms with E-state index in [1.807, 2.05) is 82.9 Å². The molecule has 4 N–H and O–H groups in total. The number of aliphatic hydroxyl groups is 2. The van der Waals surface area contributed by atoms with Crippen LogP contribution in [0, 0.1) is 26.0 Å². The minimum absolute atomic E-state index is 0.0358. The Hall–Kier alpha value is -8.55. The summed E-state index contributed by atoms with van der Waals surface area (Å²) in [4.78, 5) is 42.1. The second-order valence-electron chi connectivity index (χ2n) is 15.9. The summed E-state index contributed by atoms with van der Waals surface area (Å²) in [5.74, 6) is -2.29. The van der Waals surface area contributed by atoms with Crippen molar-refractivity contribution in [1.29, 1.82) is 0 Å². The van der Waals surface area contributed by atoms with Crippen LogP contribution in [0.4, 0.5) is 62.3 Å². The Bertz CT molecular complexity index is 3210. The van der Waals surface area contributed by atoms with Crippen LogP contribution in [0.15, 0.2) is 110 Å². The maximum absolute atomic E-state index is 13.9. The van der Waals surface area contributed by atoms with Crippen molar-refractivity contribution in [2.24, 2.45) is 0 Å². The summed E-state index contributed by atoms with van der Waals surface area (Å²) in [6, 6.07) is 22.0. The van der Waals surface area contributed by atoms with Crippen molar-refractivity contribution in [3.05, 3.63) is 136 Å². The molecule has 8 rings (SSSR count). The summed E-state index contributed by atoms with van der Waals surface area (Å²) >= 11 is 0. The Morgan fingerprint density at radius 1 is 0.667 bits per heavy atom. The van der Waals surface area contributed by atoms with Gasteiger partial charge in [-0.2, -0.15) is 22.0 Å². The van der Waals surface area contributed by atoms with Crippen molar-refractivity contribution in [1.82, 2.24) is 34.0 Å². The third-order valence-corrected chi connectivity index (χ3v) is 10.9. The van der Waals surface area contributed by atoms with Gasteiger partial charge in [-0.25, -0.2) is 19.9 Å². The lowest BCUT2D eigenvalue weighted by molar-refractivity contribution is -0.387. The van der Waals surface area contributed by atoms with Gasteiger partial charge in [0.15, 0.2) is 11.5 Å². The average Bonchev–Trinajstić information content (AvgIpc) is 3.90. The first kappa shape index (κ1) is 51.3. The number of ether oxygens (including phenoxy) is 2. The molecule has 0 aliphatic heterocycles. The third kappa shape index (κ3) is 12.1. The fraction of sp³-hybridized carbons (Fsp3) is 0.234. The normalized spacial score (nSPS) is 11.3. The number of nitro groups is 2. The second kappa shape index (κ2) is 22.9. The van der Waals surface area contributed by atoms with Crippen molar-refractivity contribution in [2.75, 3.05) is 63.0 Å². The molecule has 4 aromatic carbocycles. The van der Waals surface area contributed by atoms with Gasteiger partial charge in [0.2, 0.25) is 17.7 Å². The quantitative estimate of drug-likeness (QED) is 0.0317. The van der Waals surface area contributed by atoms with E-state index in [0.717, 1.165) is 45.1 Å². The zero-order valence-corrected chi connectivity index (χ0v) is 38.5. The van der Waals surface area contributed by atoms with Crippen molar-refractivity contribution in [2.45, 2.75) is 26.3 Å². The van der Waals surface area contributed by atoms with Crippen molar-refractivity contribution in [3.8, 4) is 34.0 Å². The highest BCUT2D eigenvalue weighted by Gasteiger charge is 2.25. The smallest absolute Gasteiger partial charge is 0.387 e. The number of anilines is 5. The molecule has 0 bridgehead atoms. The number of nitrogens with one attached hydrogen (secondary N) is 2. The Labute approximate surface area is 405 Å². The molecule has 0 aliphatic rings. The molecule has 72 heavy (non-hydrogen) atoms. The van der Waals surface area contributed by atoms with Gasteiger partial charge in [0, 0.05) is 115 Å². The maximum Gasteiger partial charge on any atom is 0.387 e. The summed E-state index contributed by atoms with van der Waals surface area (Å²) in [6.45, 7) is -4.77. The van der Waals surface area contributed by atoms with Crippen molar-refractivity contribution >= 4 is 62.1 Å². The van der Waals surface area contributed by atoms with E-state index < -0.39 is 40.3 Å². The van der Waals surface area contributed by atoms with Gasteiger partial charge in [0.25, 0.3) is 5.69 Å². The second-order valence-corrected chi connectivity index (χ2v) is 15.9. The van der Waals surface area contributed by atoms with E-state index in [0.29, 0.717) is 43.6 Å². The molecule has 4 heterocycles. The number of benzene rings is 4. The molecule has 4 aromatic heterocycles. The van der Waals surface area contributed by atoms with Gasteiger partial charge >= 0.3 is 18.9 Å². The van der Waals surface area contributed by atoms with Gasteiger partial charge in [-0.1, -0.05) is 36.4 Å². The van der Waals surface area contributed by atoms with E-state index >= 15 is 0 Å². The summed E-state index contributed by atoms with van der Waals surface area (Å²) in [7, 11) is 5.36. The molecule has 0 radical (unpaired) electrons. The number of nitrogens with zero attached hydrogens (tertiary/aromatic N) is 10. The highest BCUT2D eigenvalue weighted by Crippen LogP contribution is 2.41. The first-order valence-corrected chi connectivity index (χ1v) is 21.7. The predicted octanol–water partition coefficient (Wildman–Crippen LogP) is 8.82. The molecule has 0 fully saturated rings. The molecule has 0 aliphatic carbocycles. The lowest BCUT2D eigenvalue weighted by Gasteiger charge is -2.23. The zero-order chi connectivity index (χ0) is 51.6. The fourth-order valence-electron chi connectivity index (χ4n) is 7.61. The van der Waals surface area contributed by atoms with Crippen LogP contribution >= 0.6 is 0 Å². The van der Waals surface area contributed by atoms with Crippen LogP contribution in [-0.2, 0) is 13.1 Å². The number of nitro benzene ring substituents is 2. The Kier molecular flexibility index (Phi) is 16.3. The molecule has 0 saturated heterocycles. The Morgan fingerprint density at radius 2 is 1.12 bits per heavy atom. The number of fused-ring (bicyclic) bond motifs is 2. The zero-order valence-electron chi connectivity index (χ0n) is 38.5. The molecular formula is C47H45F5N12O8. The number of aliphatic hydroxyl groups excluding tert-OH is 2. The number of alkyl halides is 4. The van der Waals surface area contributed by atoms with Crippen LogP contribution in [0.2, 0.25) is 0 Å². The van der Waals surface area contributed by atoms with Gasteiger partial charge in [-0.15, -0.1) is 0 Å². The maximum atomic E-state index is 13.9. The monoisotopic (exact) mass is 1000 g/mol. The third-order valence-electron chi connectivity index (χ3n) is 10.9. The standard InChI is InChI=1S/C26H29F2N7O4.C21H16F3N5O4/c1-32(2)10-11-33(3)22-15-24(39-25(27)28)20(14-23(22)35(37)38)31-26-29-9-8-19(30-26)18-16-34(12-13-36)21-7-5-4-6-17(18)21;22-14-9-19(33-20(23)24)16(10-18(14)29(31)32)27-21-25-6-5-15(26-21)13-11-28(7-8-30)17-4-2-1-3-12(13)17/h4-9,14-16,25,36H,10-13H2,1-3H3,(H,29,30,31);1-6,9-11,20,30H,7-8H2,(H,25,26,27). The predicted molar refractivity (Wildman–Crippen MR) is 258 cm³/mol. The number of hydrogen-bond acceptors (Lipinski definition) is 16. The fourth-order valence-corrected chi connectivity index (χ4v) is 7.61. The lowest BCUT2D eigenvalue weighted by Crippen LogP contribution is -2.29. The summed E-state index contributed by atoms with van der Waals surface area (Å²) < 4.78 is 78.9. The molecule has 0 spiro atoms. The van der Waals surface area contributed by atoms with Crippen LogP contribution in [-0.4, -0.2) is 115 Å². The molecule has 0 unspecified atom stereocenters. The summed E-state index contributed by atoms with van der Waals surface area (Å²) in [6.07, 6.45) is 6.57. The number of likely N-dealkylation sites (N-methyl/N-ethyl adjacent to an activating group) is 2. The molecule has 25 heteroatoms. The highest BCUT2D eigenvalue weighted by molar-refractivity contribution is 5.96. The van der Waals surface area contributed by atoms with Gasteiger partial charge in [-0.3, -0.25) is 20.2 Å². The summed E-state index contributed by atoms with van der Waals surface area (Å²) in [5.41, 5.74) is 2.81. The Balaban J connectivity index is 0.000000214. The molecular weight excluding hydrogens is 956 g/mol. The van der Waals surface area contributed by atoms with Crippen LogP contribution in [0.5, 0.6) is 11.5 Å². The van der Waals surface area contributed by atoms with E-state index in [9.17, 15) is 52.4 Å². The molecule has 0 amide bonds. The van der Waals surface area contributed by atoms with Crippen molar-refractivity contribution in [3.63, 3.8) is 0 Å². The molecule has 20 nitrogen and oxygen atoms in total. The van der Waals surface area contributed by atoms with Crippen molar-refractivity contribution < 1.29 is 51.5 Å². The number of rotatable bonds is 20. The number of para-hydroxylation sites is 2. The van der Waals surface area contributed by atoms with Gasteiger partial charge in [-0.05, 0) is 38.4 Å². The number of aromatic nitrogens is 6. The Morgan fingerprint density at radius 3 is 1.57 bits per heavy atom. The molecule has 0 saturated carbocycles. The average molecular weight is 1000 g/mol. The molecule has 0 atom stereocenters. The van der Waals surface area contributed by atoms with E-state index in [1.165, 1.54) is 18.5 Å². The van der Waals surface area contributed by atoms with Crippen LogP contribution < -0.4 is 25.0 Å². The summed E-state index contributed by atoms with van der Waals surface area (Å²) in [5, 5.41) is 49.0. The number of halogens is 5. The van der Waals surface area contributed by atoms with Gasteiger partial charge in [0.05, 0.1) is 45.8 Å². The van der Waals surface area contributed by atoms with Crippen LogP contribution in [0.25, 0.3) is 44.3 Å². The van der Waals surface area contributed by atoms with Gasteiger partial charge < -0.3 is 49.3 Å². The first-order chi connectivity index (χ1) is 34.5. The van der Waals surface area contributed by atoms with Gasteiger partial charge in [0.1, 0.15) is 5.69 Å². The minimum atomic E-state index is -3.28. The minimum Gasteiger partial charge on any atom is -0.433 e. The van der Waals surface area contributed by atoms with E-state index in [1.54, 1.807) is 30.3 Å². The topological polar surface area (TPSA) is 237 Å². The highest BCUT2D eigenvalue weighted by atomic mass is 19.3. The van der Waals surface area contributed by atoms with Crippen LogP contribution in [0.1, 0.15) is 0 Å². The van der Waals surface area contributed by atoms with E-state index in [2.05, 4.69) is 35.3 Å². The molecule has 376 valence electrons. The number of hydrogen-bond donors (Lipinski definition) is 4. The van der Waals surface area contributed by atoms with E-state index in [4.69, 9.17) is 4.74 Å².